The summed E-state index contributed by atoms with van der Waals surface area (Å²) in [4.78, 5) is 0. The Balaban J connectivity index is 2.01. The van der Waals surface area contributed by atoms with E-state index in [1.807, 2.05) is 34.9 Å². The van der Waals surface area contributed by atoms with Crippen LogP contribution in [0.15, 0.2) is 54.9 Å². The first-order chi connectivity index (χ1) is 10.7. The summed E-state index contributed by atoms with van der Waals surface area (Å²) in [6.07, 6.45) is 4.22. The lowest BCUT2D eigenvalue weighted by atomic mass is 9.95. The van der Waals surface area contributed by atoms with E-state index < -0.39 is 0 Å². The predicted octanol–water partition coefficient (Wildman–Crippen LogP) is 4.05. The molecular weight excluding hydrogens is 301 g/mol. The van der Waals surface area contributed by atoms with Crippen molar-refractivity contribution in [3.8, 4) is 5.69 Å². The lowest BCUT2D eigenvalue weighted by molar-refractivity contribution is 0.624. The van der Waals surface area contributed by atoms with E-state index >= 15 is 0 Å². The van der Waals surface area contributed by atoms with Crippen molar-refractivity contribution >= 4 is 17.2 Å². The fourth-order valence-corrected chi connectivity index (χ4v) is 2.94. The van der Waals surface area contributed by atoms with Crippen LogP contribution in [0.5, 0.6) is 0 Å². The summed E-state index contributed by atoms with van der Waals surface area (Å²) in [5, 5.41) is 8.70. The van der Waals surface area contributed by atoms with Crippen molar-refractivity contribution in [2.75, 3.05) is 0 Å². The third kappa shape index (κ3) is 2.04. The molecule has 0 unspecified atom stereocenters. The topological polar surface area (TPSA) is 30.7 Å². The van der Waals surface area contributed by atoms with Crippen molar-refractivity contribution in [3.05, 3.63) is 82.7 Å². The highest BCUT2D eigenvalue weighted by Crippen LogP contribution is 2.34. The van der Waals surface area contributed by atoms with Crippen LogP contribution in [0.25, 0.3) is 11.3 Å². The smallest absolute Gasteiger partial charge is 0.141 e. The number of hydrogen-bond acceptors (Lipinski definition) is 2. The molecule has 4 rings (SSSR count). The van der Waals surface area contributed by atoms with E-state index in [-0.39, 0.29) is 5.82 Å². The van der Waals surface area contributed by atoms with Crippen LogP contribution in [0.4, 0.5) is 4.39 Å². The van der Waals surface area contributed by atoms with E-state index in [0.717, 1.165) is 22.6 Å². The zero-order valence-corrected chi connectivity index (χ0v) is 12.3. The first kappa shape index (κ1) is 13.2. The molecule has 108 valence electrons. The van der Waals surface area contributed by atoms with Crippen LogP contribution in [0.1, 0.15) is 17.0 Å². The first-order valence-electron chi connectivity index (χ1n) is 6.88. The maximum Gasteiger partial charge on any atom is 0.141 e. The molecule has 2 heterocycles. The molecule has 0 amide bonds. The highest BCUT2D eigenvalue weighted by molar-refractivity contribution is 6.30. The number of hydrogen-bond donors (Lipinski definition) is 0. The van der Waals surface area contributed by atoms with E-state index in [1.165, 1.54) is 6.07 Å². The number of benzene rings is 2. The Morgan fingerprint density at radius 3 is 2.82 bits per heavy atom. The minimum atomic E-state index is -0.252. The molecule has 1 aliphatic rings. The Hall–Kier alpha value is -2.46. The second-order valence-electron chi connectivity index (χ2n) is 5.08. The lowest BCUT2D eigenvalue weighted by Crippen LogP contribution is -2.00. The van der Waals surface area contributed by atoms with Gasteiger partial charge in [-0.25, -0.2) is 4.39 Å². The van der Waals surface area contributed by atoms with Crippen LogP contribution in [0.3, 0.4) is 0 Å². The minimum absolute atomic E-state index is 0.252. The van der Waals surface area contributed by atoms with E-state index in [4.69, 9.17) is 11.6 Å². The molecule has 5 heteroatoms. The third-order valence-corrected chi connectivity index (χ3v) is 4.01. The van der Waals surface area contributed by atoms with Gasteiger partial charge in [0.15, 0.2) is 0 Å². The summed E-state index contributed by atoms with van der Waals surface area (Å²) in [6, 6.07) is 12.3. The Labute approximate surface area is 131 Å². The minimum Gasteiger partial charge on any atom is -0.285 e. The SMILES string of the molecule is Fc1ccccc1C1=CCc2nncn2-c2ccc(Cl)cc21. The van der Waals surface area contributed by atoms with Crippen LogP contribution in [-0.2, 0) is 6.42 Å². The fraction of sp³-hybridized carbons (Fsp3) is 0.0588. The van der Waals surface area contributed by atoms with Crippen molar-refractivity contribution in [1.82, 2.24) is 14.8 Å². The lowest BCUT2D eigenvalue weighted by Gasteiger charge is -2.13. The molecule has 0 saturated carbocycles. The molecule has 0 fully saturated rings. The first-order valence-corrected chi connectivity index (χ1v) is 7.26. The summed E-state index contributed by atoms with van der Waals surface area (Å²) in [6.45, 7) is 0. The molecule has 0 radical (unpaired) electrons. The number of nitrogens with zero attached hydrogens (tertiary/aromatic N) is 3. The summed E-state index contributed by atoms with van der Waals surface area (Å²) < 4.78 is 16.2. The molecule has 0 aliphatic carbocycles. The van der Waals surface area contributed by atoms with E-state index in [9.17, 15) is 4.39 Å². The van der Waals surface area contributed by atoms with Gasteiger partial charge < -0.3 is 0 Å². The maximum atomic E-state index is 14.2. The molecule has 1 aromatic heterocycles. The van der Waals surface area contributed by atoms with E-state index in [2.05, 4.69) is 10.2 Å². The largest absolute Gasteiger partial charge is 0.285 e. The van der Waals surface area contributed by atoms with Crippen molar-refractivity contribution in [2.45, 2.75) is 6.42 Å². The van der Waals surface area contributed by atoms with Crippen molar-refractivity contribution in [2.24, 2.45) is 0 Å². The Bertz CT molecular complexity index is 898. The zero-order valence-electron chi connectivity index (χ0n) is 11.5. The third-order valence-electron chi connectivity index (χ3n) is 3.78. The van der Waals surface area contributed by atoms with Gasteiger partial charge in [0.25, 0.3) is 0 Å². The van der Waals surface area contributed by atoms with Crippen molar-refractivity contribution < 1.29 is 4.39 Å². The molecule has 0 atom stereocenters. The number of rotatable bonds is 1. The van der Waals surface area contributed by atoms with Gasteiger partial charge in [0.1, 0.15) is 18.0 Å². The van der Waals surface area contributed by atoms with Gasteiger partial charge in [0, 0.05) is 22.6 Å². The van der Waals surface area contributed by atoms with Gasteiger partial charge in [-0.15, -0.1) is 10.2 Å². The van der Waals surface area contributed by atoms with Gasteiger partial charge in [-0.3, -0.25) is 4.57 Å². The second kappa shape index (κ2) is 5.07. The molecule has 2 aromatic carbocycles. The molecule has 0 spiro atoms. The van der Waals surface area contributed by atoms with Crippen LogP contribution >= 0.6 is 11.6 Å². The van der Waals surface area contributed by atoms with Crippen LogP contribution in [0.2, 0.25) is 5.02 Å². The molecule has 1 aliphatic heterocycles. The Kier molecular flexibility index (Phi) is 3.05. The summed E-state index contributed by atoms with van der Waals surface area (Å²) >= 11 is 6.16. The molecule has 0 N–H and O–H groups in total. The average molecular weight is 312 g/mol. The van der Waals surface area contributed by atoms with Gasteiger partial charge in [-0.05, 0) is 29.8 Å². The summed E-state index contributed by atoms with van der Waals surface area (Å²) in [7, 11) is 0. The van der Waals surface area contributed by atoms with Crippen molar-refractivity contribution in [3.63, 3.8) is 0 Å². The second-order valence-corrected chi connectivity index (χ2v) is 5.52. The highest BCUT2D eigenvalue weighted by atomic mass is 35.5. The molecule has 22 heavy (non-hydrogen) atoms. The molecule has 0 bridgehead atoms. The summed E-state index contributed by atoms with van der Waals surface area (Å²) in [5.74, 6) is 0.562. The number of fused-ring (bicyclic) bond motifs is 3. The van der Waals surface area contributed by atoms with Gasteiger partial charge in [-0.2, -0.15) is 0 Å². The van der Waals surface area contributed by atoms with E-state index in [0.29, 0.717) is 17.0 Å². The molecule has 3 nitrogen and oxygen atoms in total. The highest BCUT2D eigenvalue weighted by Gasteiger charge is 2.20. The quantitative estimate of drug-likeness (QED) is 0.679. The normalized spacial score (nSPS) is 13.1. The Morgan fingerprint density at radius 1 is 1.09 bits per heavy atom. The fourth-order valence-electron chi connectivity index (χ4n) is 2.77. The molecule has 0 saturated heterocycles. The van der Waals surface area contributed by atoms with Crippen molar-refractivity contribution in [1.29, 1.82) is 0 Å². The van der Waals surface area contributed by atoms with Gasteiger partial charge in [0.05, 0.1) is 5.69 Å². The predicted molar refractivity (Wildman–Crippen MR) is 83.6 cm³/mol. The van der Waals surface area contributed by atoms with Gasteiger partial charge in [0.2, 0.25) is 0 Å². The summed E-state index contributed by atoms with van der Waals surface area (Å²) in [5.41, 5.74) is 3.15. The van der Waals surface area contributed by atoms with E-state index in [1.54, 1.807) is 18.5 Å². The average Bonchev–Trinajstić information content (AvgIpc) is 2.92. The standard InChI is InChI=1S/C17H11ClFN3/c18-11-5-7-16-14(9-11)12(13-3-1-2-4-15(13)19)6-8-17-21-20-10-22(16)17/h1-7,9-10H,8H2. The monoisotopic (exact) mass is 311 g/mol. The number of aromatic nitrogens is 3. The Morgan fingerprint density at radius 2 is 1.95 bits per heavy atom. The van der Waals surface area contributed by atoms with Crippen LogP contribution < -0.4 is 0 Å². The van der Waals surface area contributed by atoms with Gasteiger partial charge >= 0.3 is 0 Å². The van der Waals surface area contributed by atoms with Crippen LogP contribution in [-0.4, -0.2) is 14.8 Å². The van der Waals surface area contributed by atoms with Crippen LogP contribution in [0, 0.1) is 5.82 Å². The number of halogens is 2. The number of allylic oxidation sites excluding steroid dienone is 1. The molecule has 3 aromatic rings. The zero-order chi connectivity index (χ0) is 15.1. The van der Waals surface area contributed by atoms with Gasteiger partial charge in [-0.1, -0.05) is 35.9 Å². The molecular formula is C17H11ClFN3. The maximum absolute atomic E-state index is 14.2.